The predicted molar refractivity (Wildman–Crippen MR) is 123 cm³/mol. The van der Waals surface area contributed by atoms with E-state index in [9.17, 15) is 13.2 Å². The summed E-state index contributed by atoms with van der Waals surface area (Å²) in [7, 11) is -3.56. The molecule has 1 aliphatic heterocycles. The van der Waals surface area contributed by atoms with Crippen LogP contribution in [-0.4, -0.2) is 37.8 Å². The first-order valence-corrected chi connectivity index (χ1v) is 13.4. The van der Waals surface area contributed by atoms with Crippen molar-refractivity contribution in [2.75, 3.05) is 13.1 Å². The number of carbonyl (C=O) groups is 1. The molecule has 1 amide bonds. The fourth-order valence-corrected chi connectivity index (χ4v) is 8.46. The van der Waals surface area contributed by atoms with Gasteiger partial charge in [-0.05, 0) is 107 Å². The third kappa shape index (κ3) is 4.18. The Morgan fingerprint density at radius 1 is 1.00 bits per heavy atom. The van der Waals surface area contributed by atoms with Crippen LogP contribution >= 0.6 is 0 Å². The highest BCUT2D eigenvalue weighted by atomic mass is 32.2. The van der Waals surface area contributed by atoms with Gasteiger partial charge in [-0.15, -0.1) is 0 Å². The third-order valence-corrected chi connectivity index (χ3v) is 10.7. The number of piperidine rings is 1. The monoisotopic (exact) mass is 446 g/mol. The van der Waals surface area contributed by atoms with Crippen molar-refractivity contribution in [3.63, 3.8) is 0 Å². The van der Waals surface area contributed by atoms with Crippen molar-refractivity contribution in [1.82, 2.24) is 9.62 Å². The van der Waals surface area contributed by atoms with Crippen LogP contribution in [0.1, 0.15) is 67.7 Å². The fourth-order valence-electron chi connectivity index (χ4n) is 6.41. The van der Waals surface area contributed by atoms with Gasteiger partial charge in [-0.3, -0.25) is 4.79 Å². The highest BCUT2D eigenvalue weighted by Crippen LogP contribution is 2.49. The molecule has 1 saturated heterocycles. The maximum atomic E-state index is 13.5. The molecular weight excluding hydrogens is 408 g/mol. The number of fused-ring (bicyclic) bond motifs is 2. The molecule has 0 spiro atoms. The largest absolute Gasteiger partial charge is 0.353 e. The second-order valence-corrected chi connectivity index (χ2v) is 12.3. The summed E-state index contributed by atoms with van der Waals surface area (Å²) in [5, 5.41) is 3.29. The Labute approximate surface area is 188 Å². The van der Waals surface area contributed by atoms with Crippen LogP contribution in [0.3, 0.4) is 0 Å². The van der Waals surface area contributed by atoms with E-state index in [1.165, 1.54) is 25.7 Å². The highest BCUT2D eigenvalue weighted by Gasteiger charge is 2.42. The lowest BCUT2D eigenvalue weighted by Gasteiger charge is -2.34. The summed E-state index contributed by atoms with van der Waals surface area (Å²) < 4.78 is 28.5. The van der Waals surface area contributed by atoms with Gasteiger partial charge in [0.15, 0.2) is 0 Å². The maximum Gasteiger partial charge on any atom is 0.243 e. The Hall–Kier alpha value is -1.40. The molecule has 2 saturated carbocycles. The number of amides is 1. The molecule has 2 aliphatic carbocycles. The second-order valence-electron chi connectivity index (χ2n) is 10.4. The molecule has 4 atom stereocenters. The van der Waals surface area contributed by atoms with Crippen LogP contribution in [0.15, 0.2) is 11.0 Å². The lowest BCUT2D eigenvalue weighted by molar-refractivity contribution is -0.127. The average Bonchev–Trinajstić information content (AvgIpc) is 3.36. The minimum absolute atomic E-state index is 0.0890. The minimum atomic E-state index is -3.56. The van der Waals surface area contributed by atoms with Crippen LogP contribution in [0.5, 0.6) is 0 Å². The minimum Gasteiger partial charge on any atom is -0.353 e. The smallest absolute Gasteiger partial charge is 0.243 e. The van der Waals surface area contributed by atoms with Crippen molar-refractivity contribution in [2.45, 2.75) is 84.1 Å². The average molecular weight is 447 g/mol. The summed E-state index contributed by atoms with van der Waals surface area (Å²) in [4.78, 5) is 13.4. The van der Waals surface area contributed by atoms with Crippen LogP contribution in [0.2, 0.25) is 0 Å². The predicted octanol–water partition coefficient (Wildman–Crippen LogP) is 4.26. The zero-order valence-electron chi connectivity index (χ0n) is 19.7. The van der Waals surface area contributed by atoms with Gasteiger partial charge in [-0.25, -0.2) is 8.42 Å². The third-order valence-electron chi connectivity index (χ3n) is 8.52. The van der Waals surface area contributed by atoms with E-state index in [2.05, 4.69) is 18.3 Å². The maximum absolute atomic E-state index is 13.5. The molecule has 1 N–H and O–H groups in total. The first-order valence-electron chi connectivity index (χ1n) is 12.0. The van der Waals surface area contributed by atoms with E-state index in [0.717, 1.165) is 34.1 Å². The van der Waals surface area contributed by atoms with Gasteiger partial charge in [0.2, 0.25) is 15.9 Å². The number of nitrogens with one attached hydrogen (secondary N) is 1. The summed E-state index contributed by atoms with van der Waals surface area (Å²) in [5.74, 6) is 2.32. The lowest BCUT2D eigenvalue weighted by atomic mass is 9.83. The standard InChI is InChI=1S/C25H38N2O3S/c1-15-12-16(2)18(4)24(17(15)3)31(29,30)27-10-8-21(9-11-27)25(28)26-19(5)23-14-20-6-7-22(23)13-20/h12,19-23H,6-11,13-14H2,1-5H3,(H,26,28). The second kappa shape index (κ2) is 8.51. The fraction of sp³-hybridized carbons (Fsp3) is 0.720. The van der Waals surface area contributed by atoms with Gasteiger partial charge in [0.1, 0.15) is 0 Å². The van der Waals surface area contributed by atoms with Crippen molar-refractivity contribution >= 4 is 15.9 Å². The normalized spacial score (nSPS) is 28.1. The number of sulfonamides is 1. The van der Waals surface area contributed by atoms with Crippen LogP contribution in [0.4, 0.5) is 0 Å². The van der Waals surface area contributed by atoms with E-state index in [1.54, 1.807) is 4.31 Å². The molecule has 6 heteroatoms. The summed E-state index contributed by atoms with van der Waals surface area (Å²) >= 11 is 0. The van der Waals surface area contributed by atoms with Gasteiger partial charge in [0.25, 0.3) is 0 Å². The topological polar surface area (TPSA) is 66.5 Å². The zero-order chi connectivity index (χ0) is 22.5. The molecule has 0 radical (unpaired) electrons. The van der Waals surface area contributed by atoms with Crippen molar-refractivity contribution < 1.29 is 13.2 Å². The molecule has 1 heterocycles. The van der Waals surface area contributed by atoms with Gasteiger partial charge >= 0.3 is 0 Å². The molecule has 2 bridgehead atoms. The Bertz CT molecular complexity index is 937. The molecule has 0 aromatic heterocycles. The first-order chi connectivity index (χ1) is 14.6. The van der Waals surface area contributed by atoms with E-state index in [-0.39, 0.29) is 17.9 Å². The Morgan fingerprint density at radius 3 is 2.13 bits per heavy atom. The molecule has 1 aromatic carbocycles. The molecule has 4 rings (SSSR count). The number of aryl methyl sites for hydroxylation is 2. The summed E-state index contributed by atoms with van der Waals surface area (Å²) in [6.07, 6.45) is 6.49. The number of hydrogen-bond acceptors (Lipinski definition) is 3. The first kappa shape index (κ1) is 22.8. The van der Waals surface area contributed by atoms with Crippen molar-refractivity contribution in [3.05, 3.63) is 28.3 Å². The van der Waals surface area contributed by atoms with Gasteiger partial charge in [-0.1, -0.05) is 12.5 Å². The molecule has 172 valence electrons. The van der Waals surface area contributed by atoms with Gasteiger partial charge in [-0.2, -0.15) is 4.31 Å². The number of carbonyl (C=O) groups excluding carboxylic acids is 1. The number of hydrogen-bond donors (Lipinski definition) is 1. The number of rotatable bonds is 5. The van der Waals surface area contributed by atoms with Crippen LogP contribution in [0.25, 0.3) is 0 Å². The van der Waals surface area contributed by atoms with Gasteiger partial charge in [0.05, 0.1) is 4.90 Å². The van der Waals surface area contributed by atoms with E-state index < -0.39 is 10.0 Å². The quantitative estimate of drug-likeness (QED) is 0.735. The summed E-state index contributed by atoms with van der Waals surface area (Å²) in [6.45, 7) is 10.7. The number of nitrogens with zero attached hydrogens (tertiary/aromatic N) is 1. The van der Waals surface area contributed by atoms with E-state index in [4.69, 9.17) is 0 Å². The SMILES string of the molecule is Cc1cc(C)c(C)c(S(=O)(=O)N2CCC(C(=O)NC(C)C3CC4CCC3C4)CC2)c1C. The summed E-state index contributed by atoms with van der Waals surface area (Å²) in [6, 6.07) is 2.28. The lowest BCUT2D eigenvalue weighted by Crippen LogP contribution is -2.47. The van der Waals surface area contributed by atoms with Crippen molar-refractivity contribution in [3.8, 4) is 0 Å². The molecule has 3 aliphatic rings. The molecule has 1 aromatic rings. The Morgan fingerprint density at radius 2 is 1.61 bits per heavy atom. The molecular formula is C25H38N2O3S. The van der Waals surface area contributed by atoms with E-state index >= 15 is 0 Å². The van der Waals surface area contributed by atoms with Crippen LogP contribution in [-0.2, 0) is 14.8 Å². The summed E-state index contributed by atoms with van der Waals surface area (Å²) in [5.41, 5.74) is 3.68. The van der Waals surface area contributed by atoms with Gasteiger partial charge < -0.3 is 5.32 Å². The van der Waals surface area contributed by atoms with Gasteiger partial charge in [0, 0.05) is 25.0 Å². The Balaban J connectivity index is 1.39. The van der Waals surface area contributed by atoms with Crippen LogP contribution < -0.4 is 5.32 Å². The molecule has 4 unspecified atom stereocenters. The zero-order valence-corrected chi connectivity index (χ0v) is 20.5. The molecule has 31 heavy (non-hydrogen) atoms. The van der Waals surface area contributed by atoms with E-state index in [0.29, 0.717) is 36.7 Å². The van der Waals surface area contributed by atoms with Crippen LogP contribution in [0, 0.1) is 51.4 Å². The number of benzene rings is 1. The molecule has 5 nitrogen and oxygen atoms in total. The highest BCUT2D eigenvalue weighted by molar-refractivity contribution is 7.89. The molecule has 3 fully saturated rings. The van der Waals surface area contributed by atoms with Crippen molar-refractivity contribution in [2.24, 2.45) is 23.7 Å². The Kier molecular flexibility index (Phi) is 6.25. The van der Waals surface area contributed by atoms with Crippen molar-refractivity contribution in [1.29, 1.82) is 0 Å². The van der Waals surface area contributed by atoms with E-state index in [1.807, 2.05) is 27.7 Å².